The van der Waals surface area contributed by atoms with Crippen LogP contribution in [0, 0.1) is 0 Å². The summed E-state index contributed by atoms with van der Waals surface area (Å²) < 4.78 is 16.9. The Balaban J connectivity index is 2.33. The first-order valence-corrected chi connectivity index (χ1v) is 8.14. The van der Waals surface area contributed by atoms with Crippen LogP contribution in [0.4, 0.5) is 0 Å². The van der Waals surface area contributed by atoms with Gasteiger partial charge < -0.3 is 14.6 Å². The molecule has 0 bridgehead atoms. The zero-order valence-corrected chi connectivity index (χ0v) is 12.7. The van der Waals surface area contributed by atoms with Gasteiger partial charge in [-0.25, -0.2) is 0 Å². The van der Waals surface area contributed by atoms with Crippen LogP contribution in [-0.2, 0) is 15.9 Å². The Morgan fingerprint density at radius 1 is 1.24 bits per heavy atom. The van der Waals surface area contributed by atoms with Gasteiger partial charge in [0.05, 0.1) is 19.0 Å². The quantitative estimate of drug-likeness (QED) is 0.609. The fourth-order valence-electron chi connectivity index (χ4n) is 2.86. The van der Waals surface area contributed by atoms with Crippen LogP contribution in [0.3, 0.4) is 0 Å². The second-order valence-corrected chi connectivity index (χ2v) is 7.98. The van der Waals surface area contributed by atoms with Crippen molar-refractivity contribution < 1.29 is 9.29 Å². The third kappa shape index (κ3) is 6.09. The third-order valence-electron chi connectivity index (χ3n) is 3.08. The van der Waals surface area contributed by atoms with E-state index in [0.717, 1.165) is 31.6 Å². The van der Waals surface area contributed by atoms with Crippen molar-refractivity contribution >= 4 is 11.2 Å². The van der Waals surface area contributed by atoms with Crippen LogP contribution in [-0.4, -0.2) is 40.4 Å². The van der Waals surface area contributed by atoms with E-state index >= 15 is 0 Å². The lowest BCUT2D eigenvalue weighted by Crippen LogP contribution is -2.59. The van der Waals surface area contributed by atoms with Crippen molar-refractivity contribution in [1.82, 2.24) is 5.32 Å². The summed E-state index contributed by atoms with van der Waals surface area (Å²) in [6, 6.07) is 0. The Morgan fingerprint density at radius 2 is 1.76 bits per heavy atom. The maximum Gasteiger partial charge on any atom is 0.107 e. The van der Waals surface area contributed by atoms with Crippen molar-refractivity contribution in [3.63, 3.8) is 0 Å². The van der Waals surface area contributed by atoms with Gasteiger partial charge in [0.15, 0.2) is 0 Å². The molecule has 1 aliphatic heterocycles. The Hall–Kier alpha value is 0.230. The first-order valence-electron chi connectivity index (χ1n) is 6.41. The molecule has 3 nitrogen and oxygen atoms in total. The largest absolute Gasteiger partial charge is 0.617 e. The molecule has 102 valence electrons. The summed E-state index contributed by atoms with van der Waals surface area (Å²) >= 11 is -0.695. The Bertz CT molecular complexity index is 226. The predicted octanol–water partition coefficient (Wildman–Crippen LogP) is 2.08. The zero-order valence-electron chi connectivity index (χ0n) is 11.8. The topological polar surface area (TPSA) is 44.3 Å². The van der Waals surface area contributed by atoms with Gasteiger partial charge in [0.1, 0.15) is 5.75 Å². The summed E-state index contributed by atoms with van der Waals surface area (Å²) in [6.07, 6.45) is 5.06. The van der Waals surface area contributed by atoms with Crippen molar-refractivity contribution in [2.75, 3.05) is 18.6 Å². The molecule has 1 unspecified atom stereocenters. The molecule has 17 heavy (non-hydrogen) atoms. The average molecular weight is 261 g/mol. The average Bonchev–Trinajstić information content (AvgIpc) is 2.06. The van der Waals surface area contributed by atoms with E-state index in [4.69, 9.17) is 4.74 Å². The molecule has 1 atom stereocenters. The van der Waals surface area contributed by atoms with Gasteiger partial charge in [-0.1, -0.05) is 11.2 Å². The van der Waals surface area contributed by atoms with Crippen molar-refractivity contribution in [2.45, 2.75) is 64.1 Å². The van der Waals surface area contributed by atoms with Gasteiger partial charge in [-0.15, -0.1) is 0 Å². The molecule has 1 heterocycles. The van der Waals surface area contributed by atoms with Crippen LogP contribution in [0.25, 0.3) is 0 Å². The monoisotopic (exact) mass is 261 g/mol. The Labute approximate surface area is 109 Å². The highest BCUT2D eigenvalue weighted by molar-refractivity contribution is 7.90. The fraction of sp³-hybridized carbons (Fsp3) is 1.00. The molecule has 0 aliphatic carbocycles. The van der Waals surface area contributed by atoms with E-state index in [2.05, 4.69) is 33.0 Å². The minimum Gasteiger partial charge on any atom is -0.617 e. The van der Waals surface area contributed by atoms with Crippen molar-refractivity contribution in [3.8, 4) is 0 Å². The first kappa shape index (κ1) is 15.3. The third-order valence-corrected chi connectivity index (χ3v) is 3.95. The molecular weight excluding hydrogens is 234 g/mol. The molecule has 0 saturated carbocycles. The Morgan fingerprint density at radius 3 is 2.24 bits per heavy atom. The highest BCUT2D eigenvalue weighted by Crippen LogP contribution is 2.30. The van der Waals surface area contributed by atoms with Gasteiger partial charge in [0.25, 0.3) is 0 Å². The SMILES string of the molecule is C[S+]([O-])CCCOC1CC(C)(C)NC(C)(C)C1. The molecule has 1 aliphatic rings. The highest BCUT2D eigenvalue weighted by atomic mass is 32.2. The van der Waals surface area contributed by atoms with E-state index in [0.29, 0.717) is 6.10 Å². The van der Waals surface area contributed by atoms with E-state index in [1.54, 1.807) is 6.26 Å². The summed E-state index contributed by atoms with van der Waals surface area (Å²) in [4.78, 5) is 0. The Kier molecular flexibility index (Phi) is 5.32. The highest BCUT2D eigenvalue weighted by Gasteiger charge is 2.37. The van der Waals surface area contributed by atoms with Gasteiger partial charge in [0.2, 0.25) is 0 Å². The van der Waals surface area contributed by atoms with E-state index in [1.807, 2.05) is 0 Å². The minimum atomic E-state index is -0.695. The molecule has 0 aromatic heterocycles. The molecule has 1 saturated heterocycles. The lowest BCUT2D eigenvalue weighted by atomic mass is 9.81. The van der Waals surface area contributed by atoms with E-state index in [1.165, 1.54) is 0 Å². The van der Waals surface area contributed by atoms with Gasteiger partial charge >= 0.3 is 0 Å². The molecule has 4 heteroatoms. The zero-order chi connectivity index (χ0) is 13.1. The van der Waals surface area contributed by atoms with E-state index < -0.39 is 11.2 Å². The molecule has 0 aromatic rings. The van der Waals surface area contributed by atoms with Gasteiger partial charge in [-0.05, 0) is 40.5 Å². The molecular formula is C13H27NO2S. The summed E-state index contributed by atoms with van der Waals surface area (Å²) in [5, 5.41) is 3.64. The number of piperidine rings is 1. The van der Waals surface area contributed by atoms with Crippen LogP contribution in [0.15, 0.2) is 0 Å². The van der Waals surface area contributed by atoms with Crippen LogP contribution >= 0.6 is 0 Å². The van der Waals surface area contributed by atoms with Crippen LogP contribution in [0.1, 0.15) is 47.0 Å². The normalized spacial score (nSPS) is 25.8. The number of hydrogen-bond donors (Lipinski definition) is 1. The maximum absolute atomic E-state index is 10.9. The lowest BCUT2D eigenvalue weighted by molar-refractivity contribution is -0.0211. The number of hydrogen-bond acceptors (Lipinski definition) is 3. The van der Waals surface area contributed by atoms with Gasteiger partial charge in [0, 0.05) is 17.5 Å². The van der Waals surface area contributed by atoms with E-state index in [9.17, 15) is 4.55 Å². The number of rotatable bonds is 5. The summed E-state index contributed by atoms with van der Waals surface area (Å²) in [6.45, 7) is 9.64. The predicted molar refractivity (Wildman–Crippen MR) is 73.8 cm³/mol. The summed E-state index contributed by atoms with van der Waals surface area (Å²) in [7, 11) is 0. The molecule has 0 radical (unpaired) electrons. The molecule has 0 aromatic carbocycles. The summed E-state index contributed by atoms with van der Waals surface area (Å²) in [5.74, 6) is 0.748. The number of ether oxygens (including phenoxy) is 1. The summed E-state index contributed by atoms with van der Waals surface area (Å²) in [5.41, 5.74) is 0.278. The molecule has 0 spiro atoms. The fourth-order valence-corrected chi connectivity index (χ4v) is 3.38. The van der Waals surface area contributed by atoms with Crippen LogP contribution in [0.2, 0.25) is 0 Å². The molecule has 0 amide bonds. The molecule has 1 fully saturated rings. The molecule has 1 rings (SSSR count). The second-order valence-electron chi connectivity index (χ2n) is 6.42. The van der Waals surface area contributed by atoms with E-state index in [-0.39, 0.29) is 11.1 Å². The molecule has 1 N–H and O–H groups in total. The van der Waals surface area contributed by atoms with Gasteiger partial charge in [-0.3, -0.25) is 0 Å². The van der Waals surface area contributed by atoms with Crippen molar-refractivity contribution in [1.29, 1.82) is 0 Å². The minimum absolute atomic E-state index is 0.139. The maximum atomic E-state index is 10.9. The van der Waals surface area contributed by atoms with Crippen molar-refractivity contribution in [2.24, 2.45) is 0 Å². The lowest BCUT2D eigenvalue weighted by Gasteiger charge is -2.46. The smallest absolute Gasteiger partial charge is 0.107 e. The first-order chi connectivity index (χ1) is 7.70. The van der Waals surface area contributed by atoms with Crippen LogP contribution < -0.4 is 5.32 Å². The van der Waals surface area contributed by atoms with Crippen LogP contribution in [0.5, 0.6) is 0 Å². The second kappa shape index (κ2) is 5.91. The number of nitrogens with one attached hydrogen (secondary N) is 1. The standard InChI is InChI=1S/C13H27NO2S/c1-12(2)9-11(10-13(3,4)14-12)16-7-6-8-17(5)15/h11,14H,6-10H2,1-5H3. The van der Waals surface area contributed by atoms with Crippen molar-refractivity contribution in [3.05, 3.63) is 0 Å². The van der Waals surface area contributed by atoms with Gasteiger partial charge in [-0.2, -0.15) is 0 Å².